The van der Waals surface area contributed by atoms with E-state index in [0.29, 0.717) is 11.5 Å². The molecule has 1 saturated carbocycles. The number of imidazole rings is 1. The summed E-state index contributed by atoms with van der Waals surface area (Å²) in [5.74, 6) is -0.593. The van der Waals surface area contributed by atoms with Crippen molar-refractivity contribution in [3.05, 3.63) is 29.6 Å². The zero-order valence-electron chi connectivity index (χ0n) is 11.9. The first kappa shape index (κ1) is 13.6. The summed E-state index contributed by atoms with van der Waals surface area (Å²) in [6, 6.07) is 4.44. The number of nitrogens with zero attached hydrogens (tertiary/aromatic N) is 2. The number of amides is 1. The minimum absolute atomic E-state index is 0.126. The lowest BCUT2D eigenvalue weighted by Gasteiger charge is -2.19. The molecular weight excluding hydrogens is 295 g/mol. The van der Waals surface area contributed by atoms with Crippen molar-refractivity contribution in [2.45, 2.75) is 19.5 Å². The fourth-order valence-electron chi connectivity index (χ4n) is 3.36. The second-order valence-electron chi connectivity index (χ2n) is 6.56. The van der Waals surface area contributed by atoms with Crippen LogP contribution in [0, 0.1) is 11.3 Å². The van der Waals surface area contributed by atoms with Crippen LogP contribution in [0.1, 0.15) is 29.5 Å². The number of H-pyrrole nitrogens is 1. The molecule has 2 heterocycles. The summed E-state index contributed by atoms with van der Waals surface area (Å²) >= 11 is 0. The Morgan fingerprint density at radius 3 is 2.86 bits per heavy atom. The topological polar surface area (TPSA) is 49.0 Å². The van der Waals surface area contributed by atoms with Crippen molar-refractivity contribution in [1.82, 2.24) is 14.9 Å². The molecule has 2 atom stereocenters. The number of hydrogen-bond acceptors (Lipinski definition) is 2. The standard InChI is InChI=1S/C15H14F3N3O/c1-14-5-9(14)6-21(7-14)12(22)8-2-3-10-11(4-8)20-13(19-10)15(16,17)18/h2-4,9H,5-7H2,1H3,(H,19,20). The van der Waals surface area contributed by atoms with Crippen LogP contribution in [0.25, 0.3) is 11.0 Å². The Balaban J connectivity index is 1.63. The Morgan fingerprint density at radius 1 is 1.45 bits per heavy atom. The van der Waals surface area contributed by atoms with Gasteiger partial charge in [0.15, 0.2) is 0 Å². The molecule has 22 heavy (non-hydrogen) atoms. The maximum absolute atomic E-state index is 12.7. The van der Waals surface area contributed by atoms with Crippen molar-refractivity contribution in [2.75, 3.05) is 13.1 Å². The summed E-state index contributed by atoms with van der Waals surface area (Å²) in [7, 11) is 0. The van der Waals surface area contributed by atoms with Gasteiger partial charge in [-0.25, -0.2) is 4.98 Å². The lowest BCUT2D eigenvalue weighted by molar-refractivity contribution is -0.144. The first-order chi connectivity index (χ1) is 10.3. The Kier molecular flexibility index (Phi) is 2.49. The number of alkyl halides is 3. The predicted octanol–water partition coefficient (Wildman–Crippen LogP) is 3.06. The maximum Gasteiger partial charge on any atom is 0.449 e. The average molecular weight is 309 g/mol. The molecule has 2 fully saturated rings. The van der Waals surface area contributed by atoms with Crippen LogP contribution in [-0.4, -0.2) is 33.9 Å². The molecule has 4 nitrogen and oxygen atoms in total. The van der Waals surface area contributed by atoms with Crippen molar-refractivity contribution in [1.29, 1.82) is 0 Å². The minimum atomic E-state index is -4.52. The number of benzene rings is 1. The number of rotatable bonds is 1. The number of halogens is 3. The van der Waals surface area contributed by atoms with Crippen LogP contribution in [0.3, 0.4) is 0 Å². The molecule has 1 aromatic heterocycles. The second kappa shape index (κ2) is 4.02. The fourth-order valence-corrected chi connectivity index (χ4v) is 3.36. The van der Waals surface area contributed by atoms with E-state index in [-0.39, 0.29) is 22.4 Å². The third-order valence-electron chi connectivity index (χ3n) is 4.82. The van der Waals surface area contributed by atoms with E-state index in [0.717, 1.165) is 19.5 Å². The van der Waals surface area contributed by atoms with Gasteiger partial charge < -0.3 is 9.88 Å². The Bertz CT molecular complexity index is 782. The van der Waals surface area contributed by atoms with Gasteiger partial charge in [-0.2, -0.15) is 13.2 Å². The van der Waals surface area contributed by atoms with Crippen LogP contribution in [0.15, 0.2) is 18.2 Å². The molecule has 0 spiro atoms. The summed E-state index contributed by atoms with van der Waals surface area (Å²) in [4.78, 5) is 20.0. The predicted molar refractivity (Wildman–Crippen MR) is 73.2 cm³/mol. The van der Waals surface area contributed by atoms with Gasteiger partial charge in [0.25, 0.3) is 5.91 Å². The highest BCUT2D eigenvalue weighted by molar-refractivity contribution is 5.97. The molecule has 1 aliphatic carbocycles. The number of carbonyl (C=O) groups is 1. The summed E-state index contributed by atoms with van der Waals surface area (Å²) in [5.41, 5.74) is 1.08. The molecular formula is C15H14F3N3O. The highest BCUT2D eigenvalue weighted by Crippen LogP contribution is 2.57. The Labute approximate surface area is 124 Å². The minimum Gasteiger partial charge on any atom is -0.338 e. The van der Waals surface area contributed by atoms with E-state index in [1.54, 1.807) is 4.90 Å². The van der Waals surface area contributed by atoms with Gasteiger partial charge in [0.2, 0.25) is 5.82 Å². The van der Waals surface area contributed by atoms with Gasteiger partial charge in [-0.3, -0.25) is 4.79 Å². The van der Waals surface area contributed by atoms with Gasteiger partial charge in [0.1, 0.15) is 0 Å². The molecule has 2 aromatic rings. The number of aromatic amines is 1. The molecule has 0 bridgehead atoms. The van der Waals surface area contributed by atoms with Crippen molar-refractivity contribution in [3.63, 3.8) is 0 Å². The number of fused-ring (bicyclic) bond motifs is 2. The van der Waals surface area contributed by atoms with Crippen LogP contribution in [0.5, 0.6) is 0 Å². The third kappa shape index (κ3) is 1.99. The number of piperidine rings is 1. The SMILES string of the molecule is CC12CC1CN(C(=O)c1ccc3nc(C(F)(F)F)[nH]c3c1)C2. The molecule has 1 N–H and O–H groups in total. The molecule has 1 amide bonds. The highest BCUT2D eigenvalue weighted by atomic mass is 19.4. The van der Waals surface area contributed by atoms with Crippen LogP contribution >= 0.6 is 0 Å². The van der Waals surface area contributed by atoms with Crippen molar-refractivity contribution < 1.29 is 18.0 Å². The van der Waals surface area contributed by atoms with Gasteiger partial charge in [-0.1, -0.05) is 6.92 Å². The van der Waals surface area contributed by atoms with E-state index in [1.807, 2.05) is 0 Å². The number of carbonyl (C=O) groups excluding carboxylic acids is 1. The maximum atomic E-state index is 12.7. The lowest BCUT2D eigenvalue weighted by Crippen LogP contribution is -2.31. The summed E-state index contributed by atoms with van der Waals surface area (Å²) in [5, 5.41) is 0. The zero-order valence-corrected chi connectivity index (χ0v) is 11.9. The molecule has 1 aliphatic heterocycles. The van der Waals surface area contributed by atoms with Crippen molar-refractivity contribution >= 4 is 16.9 Å². The molecule has 2 unspecified atom stereocenters. The molecule has 0 radical (unpaired) electrons. The number of aromatic nitrogens is 2. The molecule has 1 saturated heterocycles. The molecule has 116 valence electrons. The molecule has 2 aliphatic rings. The van der Waals surface area contributed by atoms with Gasteiger partial charge in [0.05, 0.1) is 11.0 Å². The Morgan fingerprint density at radius 2 is 2.23 bits per heavy atom. The van der Waals surface area contributed by atoms with Crippen molar-refractivity contribution in [2.24, 2.45) is 11.3 Å². The lowest BCUT2D eigenvalue weighted by atomic mass is 10.1. The zero-order chi connectivity index (χ0) is 15.7. The van der Waals surface area contributed by atoms with E-state index in [1.165, 1.54) is 18.2 Å². The van der Waals surface area contributed by atoms with E-state index in [2.05, 4.69) is 16.9 Å². The van der Waals surface area contributed by atoms with Crippen LogP contribution in [0.4, 0.5) is 13.2 Å². The number of hydrogen-bond donors (Lipinski definition) is 1. The summed E-state index contributed by atoms with van der Waals surface area (Å²) < 4.78 is 38.0. The quantitative estimate of drug-likeness (QED) is 0.880. The smallest absolute Gasteiger partial charge is 0.338 e. The number of likely N-dealkylation sites (tertiary alicyclic amines) is 1. The third-order valence-corrected chi connectivity index (χ3v) is 4.82. The van der Waals surface area contributed by atoms with Gasteiger partial charge in [-0.05, 0) is 36.0 Å². The van der Waals surface area contributed by atoms with E-state index in [9.17, 15) is 18.0 Å². The van der Waals surface area contributed by atoms with Crippen LogP contribution in [0.2, 0.25) is 0 Å². The fraction of sp³-hybridized carbons (Fsp3) is 0.467. The molecule has 1 aromatic carbocycles. The molecule has 7 heteroatoms. The first-order valence-electron chi connectivity index (χ1n) is 7.12. The van der Waals surface area contributed by atoms with Gasteiger partial charge >= 0.3 is 6.18 Å². The Hall–Kier alpha value is -2.05. The van der Waals surface area contributed by atoms with Gasteiger partial charge in [-0.15, -0.1) is 0 Å². The van der Waals surface area contributed by atoms with E-state index < -0.39 is 12.0 Å². The molecule has 4 rings (SSSR count). The average Bonchev–Trinajstić information content (AvgIpc) is 2.83. The second-order valence-corrected chi connectivity index (χ2v) is 6.56. The normalized spacial score (nSPS) is 27.3. The van der Waals surface area contributed by atoms with E-state index in [4.69, 9.17) is 0 Å². The highest BCUT2D eigenvalue weighted by Gasteiger charge is 2.57. The largest absolute Gasteiger partial charge is 0.449 e. The van der Waals surface area contributed by atoms with E-state index >= 15 is 0 Å². The summed E-state index contributed by atoms with van der Waals surface area (Å²) in [6.45, 7) is 3.63. The van der Waals surface area contributed by atoms with Crippen molar-refractivity contribution in [3.8, 4) is 0 Å². The first-order valence-corrected chi connectivity index (χ1v) is 7.12. The van der Waals surface area contributed by atoms with Crippen LogP contribution < -0.4 is 0 Å². The van der Waals surface area contributed by atoms with Crippen LogP contribution in [-0.2, 0) is 6.18 Å². The van der Waals surface area contributed by atoms with Gasteiger partial charge in [0, 0.05) is 18.7 Å². The number of nitrogens with one attached hydrogen (secondary N) is 1. The summed E-state index contributed by atoms with van der Waals surface area (Å²) in [6.07, 6.45) is -3.36. The monoisotopic (exact) mass is 309 g/mol.